The smallest absolute Gasteiger partial charge is 0.303 e. The van der Waals surface area contributed by atoms with E-state index in [2.05, 4.69) is 0 Å². The molecule has 1 rings (SSSR count). The predicted octanol–water partition coefficient (Wildman–Crippen LogP) is 2.93. The molecular weight excluding hydrogens is 202 g/mol. The Morgan fingerprint density at radius 1 is 1.31 bits per heavy atom. The Hall–Kier alpha value is -0.570. The largest absolute Gasteiger partial charge is 0.481 e. The lowest BCUT2D eigenvalue weighted by Crippen LogP contribution is -2.30. The number of hydrogen-bond donors (Lipinski definition) is 2. The van der Waals surface area contributed by atoms with Crippen molar-refractivity contribution >= 4 is 5.97 Å². The summed E-state index contributed by atoms with van der Waals surface area (Å²) in [4.78, 5) is 10.7. The topological polar surface area (TPSA) is 63.3 Å². The molecule has 1 aliphatic carbocycles. The van der Waals surface area contributed by atoms with Gasteiger partial charge in [0.05, 0.1) is 0 Å². The molecule has 16 heavy (non-hydrogen) atoms. The number of rotatable bonds is 5. The van der Waals surface area contributed by atoms with Crippen molar-refractivity contribution in [1.82, 2.24) is 0 Å². The summed E-state index contributed by atoms with van der Waals surface area (Å²) in [6.45, 7) is 2.04. The summed E-state index contributed by atoms with van der Waals surface area (Å²) in [7, 11) is 0. The number of carboxylic acids is 1. The summed E-state index contributed by atoms with van der Waals surface area (Å²) >= 11 is 0. The van der Waals surface area contributed by atoms with Crippen molar-refractivity contribution in [3.05, 3.63) is 0 Å². The lowest BCUT2D eigenvalue weighted by Gasteiger charge is -2.34. The lowest BCUT2D eigenvalue weighted by molar-refractivity contribution is -0.137. The number of hydrogen-bond acceptors (Lipinski definition) is 2. The van der Waals surface area contributed by atoms with Gasteiger partial charge in [0, 0.05) is 12.5 Å². The SMILES string of the molecule is CC(N)CC1(CCC(=O)O)CCCCCC1. The summed E-state index contributed by atoms with van der Waals surface area (Å²) < 4.78 is 0. The van der Waals surface area contributed by atoms with Gasteiger partial charge in [-0.3, -0.25) is 4.79 Å². The highest BCUT2D eigenvalue weighted by atomic mass is 16.4. The van der Waals surface area contributed by atoms with Crippen molar-refractivity contribution in [2.75, 3.05) is 0 Å². The monoisotopic (exact) mass is 227 g/mol. The standard InChI is InChI=1S/C13H25NO2/c1-11(14)10-13(9-6-12(15)16)7-4-2-3-5-8-13/h11H,2-10,14H2,1H3,(H,15,16). The predicted molar refractivity (Wildman–Crippen MR) is 65.3 cm³/mol. The summed E-state index contributed by atoms with van der Waals surface area (Å²) in [5.74, 6) is -0.673. The van der Waals surface area contributed by atoms with Crippen molar-refractivity contribution in [3.8, 4) is 0 Å². The molecule has 3 N–H and O–H groups in total. The van der Waals surface area contributed by atoms with Crippen LogP contribution < -0.4 is 5.73 Å². The Bertz CT molecular complexity index is 218. The van der Waals surface area contributed by atoms with E-state index in [-0.39, 0.29) is 11.5 Å². The maximum atomic E-state index is 10.7. The van der Waals surface area contributed by atoms with Gasteiger partial charge in [-0.05, 0) is 38.0 Å². The van der Waals surface area contributed by atoms with E-state index in [0.29, 0.717) is 6.42 Å². The fraction of sp³-hybridized carbons (Fsp3) is 0.923. The minimum atomic E-state index is -0.673. The van der Waals surface area contributed by atoms with Crippen molar-refractivity contribution in [3.63, 3.8) is 0 Å². The van der Waals surface area contributed by atoms with Crippen molar-refractivity contribution in [2.24, 2.45) is 11.1 Å². The molecule has 0 bridgehead atoms. The number of nitrogens with two attached hydrogens (primary N) is 1. The zero-order valence-electron chi connectivity index (χ0n) is 10.4. The first-order chi connectivity index (χ1) is 7.54. The molecule has 0 aromatic heterocycles. The fourth-order valence-electron chi connectivity index (χ4n) is 3.09. The van der Waals surface area contributed by atoms with Crippen LogP contribution >= 0.6 is 0 Å². The van der Waals surface area contributed by atoms with E-state index in [1.54, 1.807) is 0 Å². The molecule has 0 aromatic rings. The average molecular weight is 227 g/mol. The van der Waals surface area contributed by atoms with Crippen LogP contribution in [0.1, 0.15) is 64.7 Å². The van der Waals surface area contributed by atoms with E-state index in [1.807, 2.05) is 6.92 Å². The Balaban J connectivity index is 2.61. The van der Waals surface area contributed by atoms with E-state index in [4.69, 9.17) is 10.8 Å². The molecule has 1 atom stereocenters. The van der Waals surface area contributed by atoms with Crippen LogP contribution in [0.5, 0.6) is 0 Å². The summed E-state index contributed by atoms with van der Waals surface area (Å²) in [6.07, 6.45) is 9.51. The minimum absolute atomic E-state index is 0.187. The van der Waals surface area contributed by atoms with E-state index < -0.39 is 5.97 Å². The van der Waals surface area contributed by atoms with Gasteiger partial charge in [0.15, 0.2) is 0 Å². The van der Waals surface area contributed by atoms with E-state index >= 15 is 0 Å². The third kappa shape index (κ3) is 4.52. The molecule has 1 unspecified atom stereocenters. The summed E-state index contributed by atoms with van der Waals surface area (Å²) in [5.41, 5.74) is 6.13. The highest BCUT2D eigenvalue weighted by Gasteiger charge is 2.31. The molecule has 0 aromatic carbocycles. The van der Waals surface area contributed by atoms with Crippen LogP contribution in [0.2, 0.25) is 0 Å². The van der Waals surface area contributed by atoms with Crippen LogP contribution in [0.25, 0.3) is 0 Å². The van der Waals surface area contributed by atoms with Crippen LogP contribution in [-0.2, 0) is 4.79 Å². The van der Waals surface area contributed by atoms with Gasteiger partial charge < -0.3 is 10.8 Å². The molecule has 3 nitrogen and oxygen atoms in total. The highest BCUT2D eigenvalue weighted by molar-refractivity contribution is 5.66. The number of carboxylic acid groups (broad SMARTS) is 1. The molecule has 0 amide bonds. The lowest BCUT2D eigenvalue weighted by atomic mass is 9.72. The first-order valence-corrected chi connectivity index (χ1v) is 6.51. The molecule has 3 heteroatoms. The second kappa shape index (κ2) is 6.24. The molecule has 0 aliphatic heterocycles. The van der Waals surface area contributed by atoms with Crippen LogP contribution in [-0.4, -0.2) is 17.1 Å². The molecule has 0 radical (unpaired) electrons. The van der Waals surface area contributed by atoms with E-state index in [9.17, 15) is 4.79 Å². The maximum Gasteiger partial charge on any atom is 0.303 e. The number of carbonyl (C=O) groups is 1. The van der Waals surface area contributed by atoms with Crippen molar-refractivity contribution < 1.29 is 9.90 Å². The highest BCUT2D eigenvalue weighted by Crippen LogP contribution is 2.42. The van der Waals surface area contributed by atoms with Crippen molar-refractivity contribution in [1.29, 1.82) is 0 Å². The first kappa shape index (κ1) is 13.5. The fourth-order valence-corrected chi connectivity index (χ4v) is 3.09. The van der Waals surface area contributed by atoms with Crippen LogP contribution in [0.15, 0.2) is 0 Å². The van der Waals surface area contributed by atoms with Crippen LogP contribution in [0, 0.1) is 5.41 Å². The summed E-state index contributed by atoms with van der Waals surface area (Å²) in [6, 6.07) is 0.187. The van der Waals surface area contributed by atoms with Gasteiger partial charge in [0.2, 0.25) is 0 Å². The van der Waals surface area contributed by atoms with Gasteiger partial charge in [-0.25, -0.2) is 0 Å². The van der Waals surface area contributed by atoms with Crippen molar-refractivity contribution in [2.45, 2.75) is 70.8 Å². The molecule has 0 heterocycles. The molecular formula is C13H25NO2. The van der Waals surface area contributed by atoms with Gasteiger partial charge >= 0.3 is 5.97 Å². The molecule has 1 fully saturated rings. The second-order valence-corrected chi connectivity index (χ2v) is 5.49. The summed E-state index contributed by atoms with van der Waals surface area (Å²) in [5, 5.41) is 8.83. The van der Waals surface area contributed by atoms with Gasteiger partial charge in [-0.1, -0.05) is 25.7 Å². The molecule has 0 spiro atoms. The first-order valence-electron chi connectivity index (χ1n) is 6.51. The Kier molecular flexibility index (Phi) is 5.26. The molecule has 1 saturated carbocycles. The van der Waals surface area contributed by atoms with E-state index in [1.165, 1.54) is 38.5 Å². The Morgan fingerprint density at radius 2 is 1.88 bits per heavy atom. The average Bonchev–Trinajstić information content (AvgIpc) is 2.40. The molecule has 94 valence electrons. The third-order valence-corrected chi connectivity index (χ3v) is 3.79. The van der Waals surface area contributed by atoms with Gasteiger partial charge in [-0.15, -0.1) is 0 Å². The van der Waals surface area contributed by atoms with Gasteiger partial charge in [-0.2, -0.15) is 0 Å². The number of aliphatic carboxylic acids is 1. The molecule has 0 saturated heterocycles. The normalized spacial score (nSPS) is 22.4. The minimum Gasteiger partial charge on any atom is -0.481 e. The second-order valence-electron chi connectivity index (χ2n) is 5.49. The Labute approximate surface area is 98.4 Å². The zero-order valence-corrected chi connectivity index (χ0v) is 10.4. The van der Waals surface area contributed by atoms with Crippen LogP contribution in [0.4, 0.5) is 0 Å². The third-order valence-electron chi connectivity index (χ3n) is 3.79. The Morgan fingerprint density at radius 3 is 2.31 bits per heavy atom. The molecule has 1 aliphatic rings. The van der Waals surface area contributed by atoms with Gasteiger partial charge in [0.25, 0.3) is 0 Å². The zero-order chi connectivity index (χ0) is 12.0. The van der Waals surface area contributed by atoms with Crippen LogP contribution in [0.3, 0.4) is 0 Å². The quantitative estimate of drug-likeness (QED) is 0.710. The maximum absolute atomic E-state index is 10.7. The van der Waals surface area contributed by atoms with E-state index in [0.717, 1.165) is 12.8 Å². The van der Waals surface area contributed by atoms with Gasteiger partial charge in [0.1, 0.15) is 0 Å².